The first kappa shape index (κ1) is 15.2. The van der Waals surface area contributed by atoms with Crippen molar-refractivity contribution in [3.8, 4) is 0 Å². The molecule has 1 fully saturated rings. The highest BCUT2D eigenvalue weighted by atomic mass is 127. The summed E-state index contributed by atoms with van der Waals surface area (Å²) < 4.78 is 4.82. The average molecular weight is 365 g/mol. The van der Waals surface area contributed by atoms with E-state index in [1.54, 1.807) is 6.26 Å². The molecule has 1 saturated heterocycles. The van der Waals surface area contributed by atoms with E-state index in [0.717, 1.165) is 45.0 Å². The molecule has 7 heteroatoms. The summed E-state index contributed by atoms with van der Waals surface area (Å²) in [6, 6.07) is 1.90. The highest BCUT2D eigenvalue weighted by Gasteiger charge is 2.18. The van der Waals surface area contributed by atoms with Crippen molar-refractivity contribution >= 4 is 29.9 Å². The molecule has 18 heavy (non-hydrogen) atoms. The Bertz CT molecular complexity index is 360. The molecule has 1 aromatic rings. The molecule has 0 saturated carbocycles. The molecular weight excluding hydrogens is 345 g/mol. The van der Waals surface area contributed by atoms with Gasteiger partial charge in [0.05, 0.1) is 5.69 Å². The first-order valence-electron chi connectivity index (χ1n) is 5.96. The standard InChI is InChI=1S/C11H19N5O.HI/c1-2-13-11(12)16-6-4-15(5-7-16)9-10-3-8-17-14-10;/h3,8H,2,4-7,9H2,1H3,(H2,12,13);1H. The lowest BCUT2D eigenvalue weighted by Crippen LogP contribution is -2.50. The van der Waals surface area contributed by atoms with Gasteiger partial charge in [-0.15, -0.1) is 24.0 Å². The smallest absolute Gasteiger partial charge is 0.191 e. The van der Waals surface area contributed by atoms with E-state index in [-0.39, 0.29) is 24.0 Å². The Morgan fingerprint density at radius 3 is 2.72 bits per heavy atom. The zero-order chi connectivity index (χ0) is 12.1. The molecule has 0 aromatic carbocycles. The topological polar surface area (TPSA) is 70.9 Å². The first-order valence-corrected chi connectivity index (χ1v) is 5.96. The lowest BCUT2D eigenvalue weighted by molar-refractivity contribution is 0.170. The van der Waals surface area contributed by atoms with Gasteiger partial charge in [-0.05, 0) is 6.92 Å². The first-order chi connectivity index (χ1) is 8.29. The molecule has 2 heterocycles. The summed E-state index contributed by atoms with van der Waals surface area (Å²) in [5.41, 5.74) is 6.85. The maximum Gasteiger partial charge on any atom is 0.191 e. The van der Waals surface area contributed by atoms with Crippen molar-refractivity contribution in [3.63, 3.8) is 0 Å². The molecule has 0 bridgehead atoms. The number of aromatic nitrogens is 1. The summed E-state index contributed by atoms with van der Waals surface area (Å²) in [5, 5.41) is 3.92. The van der Waals surface area contributed by atoms with Gasteiger partial charge in [-0.25, -0.2) is 0 Å². The predicted molar refractivity (Wildman–Crippen MR) is 80.9 cm³/mol. The summed E-state index contributed by atoms with van der Waals surface area (Å²) in [5.74, 6) is 0.661. The zero-order valence-electron chi connectivity index (χ0n) is 10.6. The number of piperazine rings is 1. The molecule has 0 radical (unpaired) electrons. The van der Waals surface area contributed by atoms with Crippen LogP contribution in [0.2, 0.25) is 0 Å². The molecule has 0 aliphatic carbocycles. The molecule has 1 aliphatic rings. The van der Waals surface area contributed by atoms with E-state index in [0.29, 0.717) is 5.96 Å². The third-order valence-corrected chi connectivity index (χ3v) is 2.89. The zero-order valence-corrected chi connectivity index (χ0v) is 12.9. The van der Waals surface area contributed by atoms with Gasteiger partial charge in [-0.2, -0.15) is 0 Å². The van der Waals surface area contributed by atoms with Crippen LogP contribution < -0.4 is 5.73 Å². The van der Waals surface area contributed by atoms with E-state index in [2.05, 4.69) is 19.9 Å². The van der Waals surface area contributed by atoms with Crippen molar-refractivity contribution in [2.24, 2.45) is 10.7 Å². The second-order valence-corrected chi connectivity index (χ2v) is 4.09. The molecule has 0 spiro atoms. The SMILES string of the molecule is CCN=C(N)N1CCN(Cc2ccon2)CC1.I. The predicted octanol–water partition coefficient (Wildman–Crippen LogP) is 0.745. The molecule has 0 amide bonds. The van der Waals surface area contributed by atoms with Gasteiger partial charge in [0.25, 0.3) is 0 Å². The number of halogens is 1. The Labute approximate surface area is 124 Å². The van der Waals surface area contributed by atoms with Crippen molar-refractivity contribution in [2.75, 3.05) is 32.7 Å². The van der Waals surface area contributed by atoms with Crippen molar-refractivity contribution in [2.45, 2.75) is 13.5 Å². The van der Waals surface area contributed by atoms with Crippen LogP contribution in [0.5, 0.6) is 0 Å². The van der Waals surface area contributed by atoms with Crippen LogP contribution in [0, 0.1) is 0 Å². The van der Waals surface area contributed by atoms with E-state index in [9.17, 15) is 0 Å². The molecule has 0 atom stereocenters. The quantitative estimate of drug-likeness (QED) is 0.486. The van der Waals surface area contributed by atoms with Crippen molar-refractivity contribution in [1.82, 2.24) is 15.0 Å². The van der Waals surface area contributed by atoms with Crippen LogP contribution in [0.3, 0.4) is 0 Å². The second-order valence-electron chi connectivity index (χ2n) is 4.09. The summed E-state index contributed by atoms with van der Waals surface area (Å²) in [6.45, 7) is 7.38. The van der Waals surface area contributed by atoms with Crippen LogP contribution >= 0.6 is 24.0 Å². The number of guanidine groups is 1. The van der Waals surface area contributed by atoms with E-state index in [1.807, 2.05) is 13.0 Å². The summed E-state index contributed by atoms with van der Waals surface area (Å²) in [4.78, 5) is 8.69. The fourth-order valence-corrected chi connectivity index (χ4v) is 1.95. The van der Waals surface area contributed by atoms with E-state index >= 15 is 0 Å². The summed E-state index contributed by atoms with van der Waals surface area (Å²) in [6.07, 6.45) is 1.61. The van der Waals surface area contributed by atoms with Gasteiger partial charge >= 0.3 is 0 Å². The van der Waals surface area contributed by atoms with E-state index in [4.69, 9.17) is 10.3 Å². The highest BCUT2D eigenvalue weighted by Crippen LogP contribution is 2.06. The van der Waals surface area contributed by atoms with Gasteiger partial charge in [0.2, 0.25) is 0 Å². The maximum absolute atomic E-state index is 5.87. The molecule has 102 valence electrons. The van der Waals surface area contributed by atoms with Crippen molar-refractivity contribution in [1.29, 1.82) is 0 Å². The van der Waals surface area contributed by atoms with Gasteiger partial charge < -0.3 is 15.2 Å². The van der Waals surface area contributed by atoms with Gasteiger partial charge in [0.1, 0.15) is 6.26 Å². The Morgan fingerprint density at radius 2 is 2.17 bits per heavy atom. The number of nitrogens with two attached hydrogens (primary N) is 1. The lowest BCUT2D eigenvalue weighted by atomic mass is 10.3. The molecule has 2 N–H and O–H groups in total. The second kappa shape index (κ2) is 7.57. The largest absolute Gasteiger partial charge is 0.370 e. The Kier molecular flexibility index (Phi) is 6.41. The molecule has 0 unspecified atom stereocenters. The summed E-state index contributed by atoms with van der Waals surface area (Å²) >= 11 is 0. The van der Waals surface area contributed by atoms with Gasteiger partial charge in [-0.1, -0.05) is 5.16 Å². The monoisotopic (exact) mass is 365 g/mol. The number of hydrogen-bond acceptors (Lipinski definition) is 4. The van der Waals surface area contributed by atoms with Crippen LogP contribution in [-0.4, -0.2) is 53.6 Å². The number of rotatable bonds is 3. The van der Waals surface area contributed by atoms with Gasteiger partial charge in [-0.3, -0.25) is 9.89 Å². The third kappa shape index (κ3) is 4.13. The van der Waals surface area contributed by atoms with Crippen LogP contribution in [0.4, 0.5) is 0 Å². The van der Waals surface area contributed by atoms with E-state index in [1.165, 1.54) is 0 Å². The fourth-order valence-electron chi connectivity index (χ4n) is 1.95. The fraction of sp³-hybridized carbons (Fsp3) is 0.636. The van der Waals surface area contributed by atoms with Crippen LogP contribution in [-0.2, 0) is 6.54 Å². The lowest BCUT2D eigenvalue weighted by Gasteiger charge is -2.34. The Morgan fingerprint density at radius 1 is 1.44 bits per heavy atom. The molecular formula is C11H20IN5O. The Balaban J connectivity index is 0.00000162. The Hall–Kier alpha value is -0.830. The molecule has 6 nitrogen and oxygen atoms in total. The number of nitrogens with zero attached hydrogens (tertiary/aromatic N) is 4. The highest BCUT2D eigenvalue weighted by molar-refractivity contribution is 14.0. The maximum atomic E-state index is 5.87. The van der Waals surface area contributed by atoms with Gasteiger partial charge in [0, 0.05) is 45.3 Å². The summed E-state index contributed by atoms with van der Waals surface area (Å²) in [7, 11) is 0. The minimum Gasteiger partial charge on any atom is -0.370 e. The number of aliphatic imine (C=N–C) groups is 1. The molecule has 1 aromatic heterocycles. The molecule has 1 aliphatic heterocycles. The normalized spacial score (nSPS) is 17.6. The van der Waals surface area contributed by atoms with E-state index < -0.39 is 0 Å². The van der Waals surface area contributed by atoms with Crippen LogP contribution in [0.1, 0.15) is 12.6 Å². The average Bonchev–Trinajstić information content (AvgIpc) is 2.83. The van der Waals surface area contributed by atoms with Crippen LogP contribution in [0.25, 0.3) is 0 Å². The van der Waals surface area contributed by atoms with Gasteiger partial charge in [0.15, 0.2) is 5.96 Å². The van der Waals surface area contributed by atoms with Crippen molar-refractivity contribution in [3.05, 3.63) is 18.0 Å². The number of hydrogen-bond donors (Lipinski definition) is 1. The van der Waals surface area contributed by atoms with Crippen molar-refractivity contribution < 1.29 is 4.52 Å². The minimum absolute atomic E-state index is 0. The van der Waals surface area contributed by atoms with Crippen LogP contribution in [0.15, 0.2) is 21.8 Å². The third-order valence-electron chi connectivity index (χ3n) is 2.89. The minimum atomic E-state index is 0. The molecule has 2 rings (SSSR count).